The van der Waals surface area contributed by atoms with Crippen LogP contribution in [0.1, 0.15) is 79.5 Å². The third kappa shape index (κ3) is 3.35. The Morgan fingerprint density at radius 3 is 2.53 bits per heavy atom. The SMILES string of the molecule is Cc1ccc(C)c2[nH]c(=O)c([C@H](c3nnnn3C3CCCC3)N3CCCCC3)cc12. The molecule has 1 saturated heterocycles. The second-order valence-corrected chi connectivity index (χ2v) is 8.96. The average molecular weight is 407 g/mol. The van der Waals surface area contributed by atoms with E-state index >= 15 is 0 Å². The summed E-state index contributed by atoms with van der Waals surface area (Å²) in [5.74, 6) is 0.818. The lowest BCUT2D eigenvalue weighted by atomic mass is 9.98. The Morgan fingerprint density at radius 1 is 1.03 bits per heavy atom. The number of pyridine rings is 1. The molecule has 5 rings (SSSR count). The molecule has 3 heterocycles. The highest BCUT2D eigenvalue weighted by molar-refractivity contribution is 5.85. The van der Waals surface area contributed by atoms with E-state index in [1.807, 2.05) is 11.6 Å². The van der Waals surface area contributed by atoms with Crippen LogP contribution in [0.4, 0.5) is 0 Å². The van der Waals surface area contributed by atoms with Crippen LogP contribution in [0.3, 0.4) is 0 Å². The van der Waals surface area contributed by atoms with Crippen LogP contribution in [0, 0.1) is 13.8 Å². The number of aromatic nitrogens is 5. The van der Waals surface area contributed by atoms with Crippen LogP contribution in [0.25, 0.3) is 10.9 Å². The molecule has 1 aliphatic heterocycles. The minimum absolute atomic E-state index is 0.0345. The van der Waals surface area contributed by atoms with Gasteiger partial charge in [0.25, 0.3) is 5.56 Å². The molecule has 1 saturated carbocycles. The Bertz CT molecular complexity index is 1100. The molecule has 7 nitrogen and oxygen atoms in total. The molecule has 2 aromatic heterocycles. The van der Waals surface area contributed by atoms with Crippen LogP contribution < -0.4 is 5.56 Å². The summed E-state index contributed by atoms with van der Waals surface area (Å²) < 4.78 is 2.01. The number of nitrogens with one attached hydrogen (secondary N) is 1. The number of tetrazole rings is 1. The highest BCUT2D eigenvalue weighted by Crippen LogP contribution is 2.35. The zero-order valence-corrected chi connectivity index (χ0v) is 17.9. The summed E-state index contributed by atoms with van der Waals surface area (Å²) in [6.45, 7) is 6.07. The van der Waals surface area contributed by atoms with E-state index in [1.54, 1.807) is 0 Å². The Balaban J connectivity index is 1.68. The third-order valence-electron chi connectivity index (χ3n) is 6.96. The highest BCUT2D eigenvalue weighted by atomic mass is 16.1. The molecule has 0 amide bonds. The van der Waals surface area contributed by atoms with Crippen LogP contribution in [0.15, 0.2) is 23.0 Å². The number of piperidine rings is 1. The second kappa shape index (κ2) is 7.95. The standard InChI is InChI=1S/C23H30N6O/c1-15-10-11-16(2)20-18(15)14-19(23(30)24-20)21(28-12-6-3-7-13-28)22-25-26-27-29(22)17-8-4-5-9-17/h10-11,14,17,21H,3-9,12-13H2,1-2H3,(H,24,30)/t21-/m1/s1. The van der Waals surface area contributed by atoms with Crippen LogP contribution in [-0.2, 0) is 0 Å². The Labute approximate surface area is 176 Å². The molecule has 158 valence electrons. The van der Waals surface area contributed by atoms with Crippen LogP contribution >= 0.6 is 0 Å². The van der Waals surface area contributed by atoms with E-state index in [0.717, 1.165) is 66.6 Å². The van der Waals surface area contributed by atoms with Crippen molar-refractivity contribution in [3.05, 3.63) is 51.1 Å². The van der Waals surface area contributed by atoms with Gasteiger partial charge >= 0.3 is 0 Å². The molecule has 2 fully saturated rings. The van der Waals surface area contributed by atoms with Gasteiger partial charge in [0.15, 0.2) is 5.82 Å². The topological polar surface area (TPSA) is 79.7 Å². The first-order valence-electron chi connectivity index (χ1n) is 11.3. The zero-order valence-electron chi connectivity index (χ0n) is 17.9. The van der Waals surface area contributed by atoms with Gasteiger partial charge in [-0.25, -0.2) is 4.68 Å². The maximum atomic E-state index is 13.3. The fraction of sp³-hybridized carbons (Fsp3) is 0.565. The van der Waals surface area contributed by atoms with Gasteiger partial charge in [-0.15, -0.1) is 5.10 Å². The second-order valence-electron chi connectivity index (χ2n) is 8.96. The van der Waals surface area contributed by atoms with Gasteiger partial charge in [0.2, 0.25) is 0 Å². The van der Waals surface area contributed by atoms with Crippen molar-refractivity contribution in [3.63, 3.8) is 0 Å². The zero-order chi connectivity index (χ0) is 20.7. The number of likely N-dealkylation sites (tertiary alicyclic amines) is 1. The van der Waals surface area contributed by atoms with E-state index < -0.39 is 0 Å². The molecule has 1 aliphatic carbocycles. The number of nitrogens with zero attached hydrogens (tertiary/aromatic N) is 5. The molecule has 30 heavy (non-hydrogen) atoms. The maximum Gasteiger partial charge on any atom is 0.253 e. The van der Waals surface area contributed by atoms with Crippen molar-refractivity contribution < 1.29 is 0 Å². The number of H-pyrrole nitrogens is 1. The van der Waals surface area contributed by atoms with E-state index in [-0.39, 0.29) is 11.6 Å². The predicted octanol–water partition coefficient (Wildman–Crippen LogP) is 3.82. The van der Waals surface area contributed by atoms with Gasteiger partial charge in [0.05, 0.1) is 11.6 Å². The summed E-state index contributed by atoms with van der Waals surface area (Å²) in [5.41, 5.74) is 3.90. The van der Waals surface area contributed by atoms with E-state index in [0.29, 0.717) is 6.04 Å². The van der Waals surface area contributed by atoms with Gasteiger partial charge in [-0.2, -0.15) is 0 Å². The maximum absolute atomic E-state index is 13.3. The number of benzene rings is 1. The summed E-state index contributed by atoms with van der Waals surface area (Å²) in [7, 11) is 0. The lowest BCUT2D eigenvalue weighted by molar-refractivity contribution is 0.174. The van der Waals surface area contributed by atoms with Gasteiger partial charge in [0.1, 0.15) is 6.04 Å². The molecule has 1 N–H and O–H groups in total. The van der Waals surface area contributed by atoms with E-state index in [4.69, 9.17) is 0 Å². The Hall–Kier alpha value is -2.54. The molecular weight excluding hydrogens is 376 g/mol. The molecule has 3 aromatic rings. The fourth-order valence-corrected chi connectivity index (χ4v) is 5.26. The van der Waals surface area contributed by atoms with Crippen molar-refractivity contribution in [1.29, 1.82) is 0 Å². The smallest absolute Gasteiger partial charge is 0.253 e. The quantitative estimate of drug-likeness (QED) is 0.712. The third-order valence-corrected chi connectivity index (χ3v) is 6.96. The van der Waals surface area contributed by atoms with Gasteiger partial charge < -0.3 is 4.98 Å². The number of aryl methyl sites for hydroxylation is 2. The van der Waals surface area contributed by atoms with Crippen molar-refractivity contribution in [2.24, 2.45) is 0 Å². The summed E-state index contributed by atoms with van der Waals surface area (Å²) in [6.07, 6.45) is 8.18. The number of aromatic amines is 1. The Kier molecular flexibility index (Phi) is 5.15. The van der Waals surface area contributed by atoms with Crippen LogP contribution in [0.5, 0.6) is 0 Å². The molecule has 0 radical (unpaired) electrons. The molecule has 7 heteroatoms. The van der Waals surface area contributed by atoms with Gasteiger partial charge in [-0.1, -0.05) is 31.4 Å². The first-order chi connectivity index (χ1) is 14.6. The highest BCUT2D eigenvalue weighted by Gasteiger charge is 2.33. The van der Waals surface area contributed by atoms with Crippen molar-refractivity contribution in [1.82, 2.24) is 30.1 Å². The molecule has 0 bridgehead atoms. The van der Waals surface area contributed by atoms with Crippen molar-refractivity contribution in [2.75, 3.05) is 13.1 Å². The first-order valence-corrected chi connectivity index (χ1v) is 11.3. The summed E-state index contributed by atoms with van der Waals surface area (Å²) in [5, 5.41) is 14.0. The van der Waals surface area contributed by atoms with Gasteiger partial charge in [-0.3, -0.25) is 9.69 Å². The monoisotopic (exact) mass is 406 g/mol. The minimum Gasteiger partial charge on any atom is -0.321 e. The molecule has 0 unspecified atom stereocenters. The Morgan fingerprint density at radius 2 is 1.77 bits per heavy atom. The average Bonchev–Trinajstić information content (AvgIpc) is 3.45. The first kappa shape index (κ1) is 19.4. The number of hydrogen-bond donors (Lipinski definition) is 1. The largest absolute Gasteiger partial charge is 0.321 e. The summed E-state index contributed by atoms with van der Waals surface area (Å²) >= 11 is 0. The molecule has 0 spiro atoms. The fourth-order valence-electron chi connectivity index (χ4n) is 5.26. The van der Waals surface area contributed by atoms with E-state index in [1.165, 1.54) is 24.8 Å². The van der Waals surface area contributed by atoms with E-state index in [9.17, 15) is 4.79 Å². The van der Waals surface area contributed by atoms with Gasteiger partial charge in [0, 0.05) is 10.9 Å². The van der Waals surface area contributed by atoms with Crippen LogP contribution in [-0.4, -0.2) is 43.2 Å². The van der Waals surface area contributed by atoms with Crippen molar-refractivity contribution in [2.45, 2.75) is 70.9 Å². The lowest BCUT2D eigenvalue weighted by Gasteiger charge is -2.34. The predicted molar refractivity (Wildman–Crippen MR) is 117 cm³/mol. The molecular formula is C23H30N6O. The van der Waals surface area contributed by atoms with Gasteiger partial charge in [-0.05, 0) is 80.2 Å². The number of fused-ring (bicyclic) bond motifs is 1. The van der Waals surface area contributed by atoms with Crippen LogP contribution in [0.2, 0.25) is 0 Å². The molecule has 2 aliphatic rings. The number of rotatable bonds is 4. The normalized spacial score (nSPS) is 19.5. The van der Waals surface area contributed by atoms with E-state index in [2.05, 4.69) is 50.5 Å². The lowest BCUT2D eigenvalue weighted by Crippen LogP contribution is -2.38. The number of hydrogen-bond acceptors (Lipinski definition) is 5. The van der Waals surface area contributed by atoms with Crippen molar-refractivity contribution in [3.8, 4) is 0 Å². The summed E-state index contributed by atoms with van der Waals surface area (Å²) in [6, 6.07) is 6.40. The molecule has 1 aromatic carbocycles. The minimum atomic E-state index is -0.214. The molecule has 1 atom stereocenters. The van der Waals surface area contributed by atoms with Crippen molar-refractivity contribution >= 4 is 10.9 Å². The summed E-state index contributed by atoms with van der Waals surface area (Å²) in [4.78, 5) is 18.9.